The third-order valence-corrected chi connectivity index (χ3v) is 7.75. The minimum Gasteiger partial charge on any atom is -0.496 e. The number of benzene rings is 1. The standard InChI is InChI=1S/C28H31Cl2N5O3/c1-3-26(36)35-10-7-16(8-11-35)19-14-20-23(6-9-31-24(20)15-25(19)38-2)34-27-21(29)12-18(13-22(27)30)33-28(37)32-17-4-5-17/h3,7,12,14-15,17-18,34H,1,4-6,8-11,13H2,2H3,(H2,32,33,37). The van der Waals surface area contributed by atoms with Crippen LogP contribution in [0.3, 0.4) is 0 Å². The maximum absolute atomic E-state index is 12.2. The number of methoxy groups -OCH3 is 1. The number of nitrogens with zero attached hydrogens (tertiary/aromatic N) is 2. The minimum atomic E-state index is -0.278. The molecule has 3 amide bonds. The van der Waals surface area contributed by atoms with Crippen LogP contribution in [0.25, 0.3) is 11.3 Å². The lowest BCUT2D eigenvalue weighted by molar-refractivity contribution is -0.125. The number of fused-ring (bicyclic) bond motifs is 1. The summed E-state index contributed by atoms with van der Waals surface area (Å²) >= 11 is 13.3. The van der Waals surface area contributed by atoms with Crippen LogP contribution in [0.1, 0.15) is 37.7 Å². The van der Waals surface area contributed by atoms with E-state index >= 15 is 0 Å². The zero-order chi connectivity index (χ0) is 26.8. The molecule has 1 aromatic carbocycles. The van der Waals surface area contributed by atoms with E-state index in [-0.39, 0.29) is 24.0 Å². The Balaban J connectivity index is 1.42. The number of nitrogens with one attached hydrogen (secondary N) is 3. The number of urea groups is 1. The van der Waals surface area contributed by atoms with Gasteiger partial charge in [-0.2, -0.15) is 0 Å². The molecule has 0 bridgehead atoms. The molecular formula is C28H31Cl2N5O3. The Labute approximate surface area is 231 Å². The summed E-state index contributed by atoms with van der Waals surface area (Å²) in [6, 6.07) is 3.85. The zero-order valence-electron chi connectivity index (χ0n) is 21.3. The molecule has 0 radical (unpaired) electrons. The molecule has 1 aromatic rings. The molecule has 200 valence electrons. The third-order valence-electron chi connectivity index (χ3n) is 7.09. The summed E-state index contributed by atoms with van der Waals surface area (Å²) < 4.78 is 5.72. The summed E-state index contributed by atoms with van der Waals surface area (Å²) in [5.74, 6) is 0.676. The Bertz CT molecular complexity index is 1390. The van der Waals surface area contributed by atoms with Crippen LogP contribution in [0.5, 0.6) is 5.75 Å². The average Bonchev–Trinajstić information content (AvgIpc) is 3.73. The van der Waals surface area contributed by atoms with Gasteiger partial charge in [0.1, 0.15) is 5.75 Å². The zero-order valence-corrected chi connectivity index (χ0v) is 22.8. The van der Waals surface area contributed by atoms with Crippen molar-refractivity contribution in [2.24, 2.45) is 4.99 Å². The fourth-order valence-corrected chi connectivity index (χ4v) is 5.57. The van der Waals surface area contributed by atoms with Crippen molar-refractivity contribution in [3.63, 3.8) is 0 Å². The van der Waals surface area contributed by atoms with Crippen LogP contribution in [0.15, 0.2) is 57.7 Å². The van der Waals surface area contributed by atoms with Gasteiger partial charge in [-0.15, -0.1) is 0 Å². The monoisotopic (exact) mass is 555 g/mol. The maximum Gasteiger partial charge on any atom is 0.315 e. The van der Waals surface area contributed by atoms with E-state index in [0.717, 1.165) is 46.0 Å². The number of hydrogen-bond acceptors (Lipinski definition) is 5. The Kier molecular flexibility index (Phi) is 7.81. The fourth-order valence-electron chi connectivity index (χ4n) is 4.89. The van der Waals surface area contributed by atoms with E-state index in [1.54, 1.807) is 12.0 Å². The maximum atomic E-state index is 12.2. The molecule has 5 rings (SSSR count). The SMILES string of the molecule is C=CC(=O)N1CC=C(c2cc3c(cc2OC)=NCCC=3NC2=C(Cl)CC(NC(=O)NC3CC3)C=C2Cl)CC1. The van der Waals surface area contributed by atoms with Gasteiger partial charge in [0, 0.05) is 66.1 Å². The van der Waals surface area contributed by atoms with Crippen LogP contribution < -0.4 is 31.3 Å². The Hall–Kier alpha value is -3.23. The largest absolute Gasteiger partial charge is 0.496 e. The number of halogens is 2. The van der Waals surface area contributed by atoms with Gasteiger partial charge >= 0.3 is 6.03 Å². The lowest BCUT2D eigenvalue weighted by atomic mass is 9.96. The molecule has 1 unspecified atom stereocenters. The fraction of sp³-hybridized carbons (Fsp3) is 0.393. The first kappa shape index (κ1) is 26.4. The number of ether oxygens (including phenoxy) is 1. The van der Waals surface area contributed by atoms with Crippen molar-refractivity contribution < 1.29 is 14.3 Å². The molecule has 8 nitrogen and oxygen atoms in total. The van der Waals surface area contributed by atoms with Gasteiger partial charge in [0.05, 0.1) is 29.2 Å². The van der Waals surface area contributed by atoms with Crippen molar-refractivity contribution in [3.8, 4) is 5.75 Å². The first-order chi connectivity index (χ1) is 18.4. The van der Waals surface area contributed by atoms with Gasteiger partial charge in [-0.05, 0) is 43.1 Å². The topological polar surface area (TPSA) is 95.1 Å². The van der Waals surface area contributed by atoms with E-state index in [4.69, 9.17) is 32.9 Å². The van der Waals surface area contributed by atoms with Gasteiger partial charge < -0.3 is 25.6 Å². The van der Waals surface area contributed by atoms with Crippen molar-refractivity contribution in [3.05, 3.63) is 68.8 Å². The highest BCUT2D eigenvalue weighted by atomic mass is 35.5. The number of carbonyl (C=O) groups excluding carboxylic acids is 2. The van der Waals surface area contributed by atoms with E-state index in [2.05, 4.69) is 34.7 Å². The summed E-state index contributed by atoms with van der Waals surface area (Å²) in [6.07, 6.45) is 9.13. The first-order valence-corrected chi connectivity index (χ1v) is 13.6. The minimum absolute atomic E-state index is 0.0696. The highest BCUT2D eigenvalue weighted by Gasteiger charge is 2.27. The smallest absolute Gasteiger partial charge is 0.315 e. The second kappa shape index (κ2) is 11.3. The molecule has 2 aliphatic heterocycles. The van der Waals surface area contributed by atoms with E-state index in [1.165, 1.54) is 6.08 Å². The van der Waals surface area contributed by atoms with E-state index in [9.17, 15) is 9.59 Å². The lowest BCUT2D eigenvalue weighted by Crippen LogP contribution is -2.43. The molecular weight excluding hydrogens is 525 g/mol. The summed E-state index contributed by atoms with van der Waals surface area (Å²) in [5.41, 5.74) is 3.71. The quantitative estimate of drug-likeness (QED) is 0.450. The molecule has 3 N–H and O–H groups in total. The van der Waals surface area contributed by atoms with Crippen LogP contribution in [-0.4, -0.2) is 55.7 Å². The predicted molar refractivity (Wildman–Crippen MR) is 149 cm³/mol. The highest BCUT2D eigenvalue weighted by Crippen LogP contribution is 2.31. The molecule has 38 heavy (non-hydrogen) atoms. The number of amides is 3. The van der Waals surface area contributed by atoms with E-state index in [1.807, 2.05) is 12.1 Å². The Morgan fingerprint density at radius 1 is 1.21 bits per heavy atom. The molecule has 0 aromatic heterocycles. The molecule has 0 saturated heterocycles. The predicted octanol–water partition coefficient (Wildman–Crippen LogP) is 3.03. The summed E-state index contributed by atoms with van der Waals surface area (Å²) in [7, 11) is 1.65. The van der Waals surface area contributed by atoms with Gasteiger partial charge in [0.2, 0.25) is 5.91 Å². The molecule has 1 fully saturated rings. The summed E-state index contributed by atoms with van der Waals surface area (Å²) in [6.45, 7) is 5.35. The van der Waals surface area contributed by atoms with E-state index in [0.29, 0.717) is 54.7 Å². The summed E-state index contributed by atoms with van der Waals surface area (Å²) in [4.78, 5) is 30.6. The second-order valence-electron chi connectivity index (χ2n) is 9.77. The normalized spacial score (nSPS) is 21.0. The van der Waals surface area contributed by atoms with Crippen LogP contribution in [0.4, 0.5) is 4.79 Å². The molecule has 4 aliphatic rings. The second-order valence-corrected chi connectivity index (χ2v) is 10.6. The number of allylic oxidation sites excluding steroid dienone is 1. The van der Waals surface area contributed by atoms with E-state index < -0.39 is 0 Å². The van der Waals surface area contributed by atoms with Crippen LogP contribution >= 0.6 is 23.2 Å². The Morgan fingerprint density at radius 2 is 2.03 bits per heavy atom. The van der Waals surface area contributed by atoms with Crippen LogP contribution in [-0.2, 0) is 4.79 Å². The molecule has 2 heterocycles. The summed E-state index contributed by atoms with van der Waals surface area (Å²) in [5, 5.41) is 12.1. The van der Waals surface area contributed by atoms with Gasteiger partial charge in [-0.25, -0.2) is 4.79 Å². The molecule has 1 atom stereocenters. The van der Waals surface area contributed by atoms with Crippen molar-refractivity contribution in [2.75, 3.05) is 26.7 Å². The Morgan fingerprint density at radius 3 is 2.68 bits per heavy atom. The number of carbonyl (C=O) groups is 2. The van der Waals surface area contributed by atoms with Gasteiger partial charge in [0.15, 0.2) is 0 Å². The first-order valence-electron chi connectivity index (χ1n) is 12.8. The van der Waals surface area contributed by atoms with Crippen molar-refractivity contribution in [2.45, 2.75) is 44.2 Å². The van der Waals surface area contributed by atoms with Crippen molar-refractivity contribution >= 4 is 46.4 Å². The third kappa shape index (κ3) is 5.76. The number of rotatable bonds is 7. The van der Waals surface area contributed by atoms with Gasteiger partial charge in [0.25, 0.3) is 0 Å². The highest BCUT2D eigenvalue weighted by molar-refractivity contribution is 6.36. The van der Waals surface area contributed by atoms with Gasteiger partial charge in [-0.3, -0.25) is 9.79 Å². The molecule has 2 aliphatic carbocycles. The van der Waals surface area contributed by atoms with Crippen molar-refractivity contribution in [1.82, 2.24) is 20.9 Å². The number of hydrogen-bond donors (Lipinski definition) is 3. The molecule has 10 heteroatoms. The van der Waals surface area contributed by atoms with Crippen LogP contribution in [0, 0.1) is 0 Å². The van der Waals surface area contributed by atoms with Gasteiger partial charge in [-0.1, -0.05) is 35.9 Å². The average molecular weight is 556 g/mol. The lowest BCUT2D eigenvalue weighted by Gasteiger charge is -2.27. The van der Waals surface area contributed by atoms with Crippen LogP contribution in [0.2, 0.25) is 0 Å². The van der Waals surface area contributed by atoms with Crippen molar-refractivity contribution in [1.29, 1.82) is 0 Å². The molecule has 1 saturated carbocycles. The molecule has 0 spiro atoms.